The molecule has 9 nitrogen and oxygen atoms in total. The molecule has 4 rings (SSSR count). The molecule has 3 aliphatic rings. The third-order valence-corrected chi connectivity index (χ3v) is 9.14. The van der Waals surface area contributed by atoms with Crippen molar-refractivity contribution in [2.45, 2.75) is 77.7 Å². The topological polar surface area (TPSA) is 111 Å². The van der Waals surface area contributed by atoms with Crippen molar-refractivity contribution in [3.8, 4) is 0 Å². The van der Waals surface area contributed by atoms with E-state index in [1.165, 1.54) is 4.90 Å². The Morgan fingerprint density at radius 3 is 2.34 bits per heavy atom. The Labute approximate surface area is 226 Å². The minimum Gasteiger partial charge on any atom is -0.394 e. The fourth-order valence-electron chi connectivity index (χ4n) is 7.30. The van der Waals surface area contributed by atoms with Crippen molar-refractivity contribution in [1.29, 1.82) is 0 Å². The number of nitrogens with zero attached hydrogens (tertiary/aromatic N) is 2. The number of aliphatic hydroxyl groups is 1. The van der Waals surface area contributed by atoms with Gasteiger partial charge in [0.05, 0.1) is 30.1 Å². The Kier molecular flexibility index (Phi) is 7.83. The fourth-order valence-corrected chi connectivity index (χ4v) is 7.30. The van der Waals surface area contributed by atoms with Crippen molar-refractivity contribution in [1.82, 2.24) is 10.2 Å². The van der Waals surface area contributed by atoms with E-state index in [2.05, 4.69) is 29.4 Å². The molecule has 3 amide bonds. The van der Waals surface area contributed by atoms with Crippen LogP contribution in [0.2, 0.25) is 0 Å². The van der Waals surface area contributed by atoms with Gasteiger partial charge in [0, 0.05) is 31.5 Å². The number of hydrogen-bond donors (Lipinski definition) is 3. The molecule has 0 saturated carbocycles. The number of ether oxygens (including phenoxy) is 1. The Morgan fingerprint density at radius 1 is 1.18 bits per heavy atom. The van der Waals surface area contributed by atoms with Gasteiger partial charge in [0.15, 0.2) is 0 Å². The Hall–Kier alpha value is -2.65. The first-order valence-electron chi connectivity index (χ1n) is 14.0. The van der Waals surface area contributed by atoms with Crippen LogP contribution < -0.4 is 15.5 Å². The van der Waals surface area contributed by atoms with E-state index in [4.69, 9.17) is 4.74 Å². The van der Waals surface area contributed by atoms with Gasteiger partial charge < -0.3 is 30.3 Å². The number of aliphatic hydroxyl groups excluding tert-OH is 1. The number of amides is 3. The van der Waals surface area contributed by atoms with E-state index in [0.717, 1.165) is 18.8 Å². The summed E-state index contributed by atoms with van der Waals surface area (Å²) in [6, 6.07) is 6.15. The molecule has 0 radical (unpaired) electrons. The Balaban J connectivity index is 1.74. The molecule has 9 heteroatoms. The van der Waals surface area contributed by atoms with Crippen LogP contribution in [0.4, 0.5) is 11.4 Å². The molecule has 3 unspecified atom stereocenters. The molecule has 1 aromatic rings. The van der Waals surface area contributed by atoms with Crippen LogP contribution in [-0.2, 0) is 19.1 Å². The number of fused-ring (bicyclic) bond motifs is 1. The summed E-state index contributed by atoms with van der Waals surface area (Å²) in [5.41, 5.74) is -0.312. The van der Waals surface area contributed by atoms with Gasteiger partial charge in [-0.1, -0.05) is 20.8 Å². The zero-order valence-electron chi connectivity index (χ0n) is 23.8. The van der Waals surface area contributed by atoms with Crippen LogP contribution in [0.3, 0.4) is 0 Å². The number of carbonyl (C=O) groups is 3. The molecule has 38 heavy (non-hydrogen) atoms. The average Bonchev–Trinajstić information content (AvgIpc) is 3.40. The summed E-state index contributed by atoms with van der Waals surface area (Å²) < 4.78 is 6.70. The van der Waals surface area contributed by atoms with E-state index in [1.807, 2.05) is 52.0 Å². The van der Waals surface area contributed by atoms with Crippen LogP contribution in [0.5, 0.6) is 0 Å². The van der Waals surface area contributed by atoms with E-state index < -0.39 is 35.1 Å². The van der Waals surface area contributed by atoms with Gasteiger partial charge in [-0.15, -0.1) is 0 Å². The monoisotopic (exact) mass is 528 g/mol. The molecule has 7 atom stereocenters. The first kappa shape index (κ1) is 28.4. The minimum atomic E-state index is -1.14. The standard InChI is InChI=1S/C29H44N4O5/c1-8-32(9-2)20-12-10-19(11-13-20)31-26(36)24-29-15-18(5)28(6,38-29)22(25(35)30-7)23(29)27(37)33(24)21(16-34)14-17(3)4/h10-13,17-18,21-24,34H,8-9,14-16H2,1-7H3,(H,30,35)(H,31,36)/t18?,21-,22+,23+,24?,28-,29?/m1/s1. The number of rotatable bonds is 10. The molecule has 3 N–H and O–H groups in total. The highest BCUT2D eigenvalue weighted by molar-refractivity contribution is 6.04. The van der Waals surface area contributed by atoms with Gasteiger partial charge >= 0.3 is 0 Å². The number of anilines is 2. The minimum absolute atomic E-state index is 0.0323. The summed E-state index contributed by atoms with van der Waals surface area (Å²) >= 11 is 0. The fraction of sp³-hybridized carbons (Fsp3) is 0.690. The molecule has 0 aromatic heterocycles. The second kappa shape index (κ2) is 10.5. The number of hydrogen-bond acceptors (Lipinski definition) is 6. The molecular weight excluding hydrogens is 484 g/mol. The van der Waals surface area contributed by atoms with Gasteiger partial charge in [-0.05, 0) is 69.7 Å². The molecule has 3 aliphatic heterocycles. The van der Waals surface area contributed by atoms with E-state index in [0.29, 0.717) is 18.5 Å². The second-order valence-electron chi connectivity index (χ2n) is 11.7. The molecule has 3 saturated heterocycles. The average molecular weight is 529 g/mol. The lowest BCUT2D eigenvalue weighted by molar-refractivity contribution is -0.149. The van der Waals surface area contributed by atoms with Crippen LogP contribution in [0, 0.1) is 23.7 Å². The summed E-state index contributed by atoms with van der Waals surface area (Å²) in [6.07, 6.45) is 1.02. The van der Waals surface area contributed by atoms with Crippen molar-refractivity contribution in [3.63, 3.8) is 0 Å². The number of likely N-dealkylation sites (tertiary alicyclic amines) is 1. The zero-order valence-corrected chi connectivity index (χ0v) is 23.8. The zero-order chi connectivity index (χ0) is 28.0. The molecule has 0 aliphatic carbocycles. The Morgan fingerprint density at radius 2 is 1.82 bits per heavy atom. The first-order valence-corrected chi connectivity index (χ1v) is 14.0. The van der Waals surface area contributed by atoms with Gasteiger partial charge in [0.25, 0.3) is 0 Å². The second-order valence-corrected chi connectivity index (χ2v) is 11.7. The van der Waals surface area contributed by atoms with Gasteiger partial charge in [-0.2, -0.15) is 0 Å². The van der Waals surface area contributed by atoms with Crippen LogP contribution >= 0.6 is 0 Å². The lowest BCUT2D eigenvalue weighted by Gasteiger charge is -2.37. The predicted octanol–water partition coefficient (Wildman–Crippen LogP) is 2.64. The molecule has 3 heterocycles. The maximum atomic E-state index is 14.2. The highest BCUT2D eigenvalue weighted by atomic mass is 16.5. The molecule has 1 aromatic carbocycles. The third kappa shape index (κ3) is 4.28. The van der Waals surface area contributed by atoms with Gasteiger partial charge in [-0.25, -0.2) is 0 Å². The lowest BCUT2D eigenvalue weighted by atomic mass is 9.62. The molecule has 1 spiro atoms. The summed E-state index contributed by atoms with van der Waals surface area (Å²) in [6.45, 7) is 13.6. The van der Waals surface area contributed by atoms with Crippen molar-refractivity contribution < 1.29 is 24.2 Å². The van der Waals surface area contributed by atoms with Crippen molar-refractivity contribution >= 4 is 29.1 Å². The third-order valence-electron chi connectivity index (χ3n) is 9.14. The summed E-state index contributed by atoms with van der Waals surface area (Å²) in [5.74, 6) is -2.23. The number of benzene rings is 1. The van der Waals surface area contributed by atoms with Crippen molar-refractivity contribution in [3.05, 3.63) is 24.3 Å². The van der Waals surface area contributed by atoms with E-state index in [9.17, 15) is 19.5 Å². The predicted molar refractivity (Wildman–Crippen MR) is 147 cm³/mol. The SMILES string of the molecule is CCN(CC)c1ccc(NC(=O)C2N([C@@H](CO)CC(C)C)C(=O)[C@@H]3[C@@H](C(=O)NC)[C@]4(C)OC23CC4C)cc1. The van der Waals surface area contributed by atoms with Gasteiger partial charge in [0.2, 0.25) is 17.7 Å². The van der Waals surface area contributed by atoms with Crippen LogP contribution in [-0.4, -0.2) is 77.8 Å². The van der Waals surface area contributed by atoms with Crippen LogP contribution in [0.1, 0.15) is 54.4 Å². The van der Waals surface area contributed by atoms with E-state index in [-0.39, 0.29) is 36.2 Å². The molecule has 3 fully saturated rings. The largest absolute Gasteiger partial charge is 0.394 e. The van der Waals surface area contributed by atoms with E-state index in [1.54, 1.807) is 7.05 Å². The molecule has 2 bridgehead atoms. The summed E-state index contributed by atoms with van der Waals surface area (Å²) in [7, 11) is 1.56. The van der Waals surface area contributed by atoms with E-state index >= 15 is 0 Å². The summed E-state index contributed by atoms with van der Waals surface area (Å²) in [4.78, 5) is 45.2. The first-order chi connectivity index (χ1) is 18.0. The lowest BCUT2D eigenvalue weighted by Crippen LogP contribution is -2.56. The highest BCUT2D eigenvalue weighted by Crippen LogP contribution is 2.65. The van der Waals surface area contributed by atoms with Crippen molar-refractivity contribution in [2.75, 3.05) is 37.0 Å². The van der Waals surface area contributed by atoms with Crippen LogP contribution in [0.25, 0.3) is 0 Å². The highest BCUT2D eigenvalue weighted by Gasteiger charge is 2.80. The maximum Gasteiger partial charge on any atom is 0.250 e. The van der Waals surface area contributed by atoms with Gasteiger partial charge in [-0.3, -0.25) is 14.4 Å². The Bertz CT molecular complexity index is 1060. The van der Waals surface area contributed by atoms with Crippen LogP contribution in [0.15, 0.2) is 24.3 Å². The van der Waals surface area contributed by atoms with Gasteiger partial charge in [0.1, 0.15) is 11.6 Å². The maximum absolute atomic E-state index is 14.2. The smallest absolute Gasteiger partial charge is 0.250 e. The molecular formula is C29H44N4O5. The molecule has 210 valence electrons. The summed E-state index contributed by atoms with van der Waals surface area (Å²) in [5, 5.41) is 16.1. The number of nitrogens with one attached hydrogen (secondary N) is 2. The van der Waals surface area contributed by atoms with Crippen molar-refractivity contribution in [2.24, 2.45) is 23.7 Å². The quantitative estimate of drug-likeness (QED) is 0.431. The normalized spacial score (nSPS) is 32.4. The number of carbonyl (C=O) groups excluding carboxylic acids is 3.